The van der Waals surface area contributed by atoms with E-state index in [1.165, 1.54) is 24.0 Å². The molecule has 0 heterocycles. The average molecular weight is 513 g/mol. The summed E-state index contributed by atoms with van der Waals surface area (Å²) in [5.41, 5.74) is 16.2. The highest BCUT2D eigenvalue weighted by Crippen LogP contribution is 2.53. The van der Waals surface area contributed by atoms with Crippen LogP contribution < -0.4 is 0 Å². The first-order valence-corrected chi connectivity index (χ1v) is 18.1. The van der Waals surface area contributed by atoms with Crippen molar-refractivity contribution in [3.8, 4) is 0 Å². The van der Waals surface area contributed by atoms with Crippen LogP contribution in [0.15, 0.2) is 35.4 Å². The molecule has 1 heteroatoms. The van der Waals surface area contributed by atoms with Gasteiger partial charge in [0.1, 0.15) is 8.07 Å². The molecule has 0 N–H and O–H groups in total. The molecule has 0 radical (unpaired) electrons. The molecule has 37 heavy (non-hydrogen) atoms. The lowest BCUT2D eigenvalue weighted by Gasteiger charge is -2.34. The molecule has 0 aromatic heterocycles. The van der Waals surface area contributed by atoms with Crippen molar-refractivity contribution in [3.63, 3.8) is 0 Å². The fraction of sp³-hybridized carbons (Fsp3) is 0.556. The molecule has 0 saturated heterocycles. The smallest absolute Gasteiger partial charge is 0.0658 e. The van der Waals surface area contributed by atoms with Crippen LogP contribution in [0.2, 0.25) is 13.1 Å². The molecule has 0 fully saturated rings. The Labute approximate surface area is 229 Å². The van der Waals surface area contributed by atoms with Crippen molar-refractivity contribution in [1.82, 2.24) is 0 Å². The first-order chi connectivity index (χ1) is 17.3. The van der Waals surface area contributed by atoms with Gasteiger partial charge in [-0.25, -0.2) is 0 Å². The first kappa shape index (κ1) is 28.2. The molecule has 2 aliphatic rings. The van der Waals surface area contributed by atoms with E-state index in [1.807, 2.05) is 0 Å². The molecule has 0 atom stereocenters. The second kappa shape index (κ2) is 10.4. The van der Waals surface area contributed by atoms with E-state index in [0.717, 1.165) is 12.8 Å². The van der Waals surface area contributed by atoms with E-state index >= 15 is 0 Å². The fourth-order valence-corrected chi connectivity index (χ4v) is 11.6. The minimum absolute atomic E-state index is 0.541. The van der Waals surface area contributed by atoms with E-state index in [0.29, 0.717) is 23.7 Å². The van der Waals surface area contributed by atoms with Crippen LogP contribution in [0, 0.1) is 0 Å². The average Bonchev–Trinajstić information content (AvgIpc) is 3.41. The van der Waals surface area contributed by atoms with Crippen LogP contribution in [-0.4, -0.2) is 8.07 Å². The van der Waals surface area contributed by atoms with Gasteiger partial charge in [0.25, 0.3) is 0 Å². The van der Waals surface area contributed by atoms with E-state index in [-0.39, 0.29) is 0 Å². The van der Waals surface area contributed by atoms with Crippen molar-refractivity contribution in [1.29, 1.82) is 0 Å². The Morgan fingerprint density at radius 3 is 1.19 bits per heavy atom. The number of hydrogen-bond acceptors (Lipinski definition) is 0. The molecular weight excluding hydrogens is 460 g/mol. The van der Waals surface area contributed by atoms with Crippen LogP contribution in [0.5, 0.6) is 0 Å². The van der Waals surface area contributed by atoms with Crippen molar-refractivity contribution < 1.29 is 0 Å². The number of hydrogen-bond donors (Lipinski definition) is 0. The van der Waals surface area contributed by atoms with Gasteiger partial charge in [0, 0.05) is 0 Å². The van der Waals surface area contributed by atoms with Gasteiger partial charge in [-0.15, -0.1) is 0 Å². The van der Waals surface area contributed by atoms with Crippen molar-refractivity contribution in [2.75, 3.05) is 0 Å². The molecule has 0 unspecified atom stereocenters. The highest BCUT2D eigenvalue weighted by atomic mass is 28.3. The maximum atomic E-state index is 2.69. The van der Waals surface area contributed by atoms with Crippen LogP contribution in [0.4, 0.5) is 0 Å². The van der Waals surface area contributed by atoms with Gasteiger partial charge >= 0.3 is 0 Å². The number of fused-ring (bicyclic) bond motifs is 2. The molecule has 0 saturated carbocycles. The summed E-state index contributed by atoms with van der Waals surface area (Å²) in [6.45, 7) is 29.2. The Balaban J connectivity index is 2.00. The van der Waals surface area contributed by atoms with Crippen LogP contribution >= 0.6 is 0 Å². The summed E-state index contributed by atoms with van der Waals surface area (Å²) in [6, 6.07) is 10.2. The van der Waals surface area contributed by atoms with E-state index in [9.17, 15) is 0 Å². The zero-order valence-corrected chi connectivity index (χ0v) is 26.9. The Morgan fingerprint density at radius 2 is 0.919 bits per heavy atom. The van der Waals surface area contributed by atoms with Crippen LogP contribution in [0.25, 0.3) is 10.4 Å². The normalized spacial score (nSPS) is 15.8. The highest BCUT2D eigenvalue weighted by molar-refractivity contribution is 7.09. The molecule has 0 nitrogen and oxygen atoms in total. The summed E-state index contributed by atoms with van der Waals surface area (Å²) in [7, 11) is -1.99. The van der Waals surface area contributed by atoms with Crippen LogP contribution in [0.3, 0.4) is 0 Å². The second-order valence-electron chi connectivity index (χ2n) is 13.6. The summed E-state index contributed by atoms with van der Waals surface area (Å²) >= 11 is 0. The maximum absolute atomic E-state index is 2.69. The number of allylic oxidation sites excluding steroid dienone is 2. The first-order valence-electron chi connectivity index (χ1n) is 15.1. The summed E-state index contributed by atoms with van der Waals surface area (Å²) in [5.74, 6) is 2.22. The Morgan fingerprint density at radius 1 is 0.568 bits per heavy atom. The summed E-state index contributed by atoms with van der Waals surface area (Å²) in [5, 5.41) is 3.56. The van der Waals surface area contributed by atoms with Crippen molar-refractivity contribution in [2.24, 2.45) is 0 Å². The van der Waals surface area contributed by atoms with Gasteiger partial charge in [-0.05, 0) is 104 Å². The van der Waals surface area contributed by atoms with E-state index in [4.69, 9.17) is 0 Å². The van der Waals surface area contributed by atoms with E-state index < -0.39 is 8.07 Å². The molecule has 2 aromatic carbocycles. The summed E-state index contributed by atoms with van der Waals surface area (Å²) in [6.07, 6.45) is 4.64. The third-order valence-electron chi connectivity index (χ3n) is 9.24. The molecule has 0 spiro atoms. The monoisotopic (exact) mass is 512 g/mol. The van der Waals surface area contributed by atoms with Gasteiger partial charge in [0.2, 0.25) is 0 Å². The Kier molecular flexibility index (Phi) is 7.89. The lowest BCUT2D eigenvalue weighted by Crippen LogP contribution is -2.32. The van der Waals surface area contributed by atoms with E-state index in [1.54, 1.807) is 54.9 Å². The molecule has 0 bridgehead atoms. The molecule has 4 rings (SSSR count). The van der Waals surface area contributed by atoms with Crippen LogP contribution in [-0.2, 0) is 12.8 Å². The van der Waals surface area contributed by atoms with Gasteiger partial charge in [-0.1, -0.05) is 118 Å². The zero-order valence-electron chi connectivity index (χ0n) is 25.9. The third kappa shape index (κ3) is 4.75. The molecule has 2 aliphatic carbocycles. The third-order valence-corrected chi connectivity index (χ3v) is 12.9. The molecule has 200 valence electrons. The maximum Gasteiger partial charge on any atom is 0.113 e. The van der Waals surface area contributed by atoms with Gasteiger partial charge in [-0.3, -0.25) is 0 Å². The lowest BCUT2D eigenvalue weighted by atomic mass is 9.89. The van der Waals surface area contributed by atoms with Gasteiger partial charge < -0.3 is 0 Å². The van der Waals surface area contributed by atoms with Gasteiger partial charge in [0.05, 0.1) is 0 Å². The minimum Gasteiger partial charge on any atom is -0.0658 e. The largest absolute Gasteiger partial charge is 0.113 e. The summed E-state index contributed by atoms with van der Waals surface area (Å²) in [4.78, 5) is 0. The van der Waals surface area contributed by atoms with Gasteiger partial charge in [0.15, 0.2) is 0 Å². The summed E-state index contributed by atoms with van der Waals surface area (Å²) < 4.78 is 0. The number of rotatable bonds is 8. The highest BCUT2D eigenvalue weighted by Gasteiger charge is 2.43. The van der Waals surface area contributed by atoms with E-state index in [2.05, 4.69) is 107 Å². The predicted molar refractivity (Wildman–Crippen MR) is 169 cm³/mol. The Bertz CT molecular complexity index is 1160. The van der Waals surface area contributed by atoms with Crippen LogP contribution in [0.1, 0.15) is 150 Å². The minimum atomic E-state index is -1.99. The topological polar surface area (TPSA) is 0 Å². The number of benzene rings is 2. The second-order valence-corrected chi connectivity index (χ2v) is 17.8. The van der Waals surface area contributed by atoms with Gasteiger partial charge in [-0.2, -0.15) is 0 Å². The molecule has 0 amide bonds. The molecule has 0 aliphatic heterocycles. The van der Waals surface area contributed by atoms with Crippen molar-refractivity contribution >= 4 is 18.5 Å². The van der Waals surface area contributed by atoms with Crippen molar-refractivity contribution in [2.45, 2.75) is 132 Å². The molecular formula is C36H52Si. The Hall–Kier alpha value is -1.86. The SMILES string of the molecule is CCC1=C([Si](C)(C)C2=C(CC)Cc3cc(C(C)C)cc(C(C)C)c32)c2c(cc(C(C)C)cc2C(C)C)C1. The zero-order chi connectivity index (χ0) is 27.4. The van der Waals surface area contributed by atoms with Crippen molar-refractivity contribution in [3.05, 3.63) is 79.9 Å². The predicted octanol–water partition coefficient (Wildman–Crippen LogP) is 11.1. The lowest BCUT2D eigenvalue weighted by molar-refractivity contribution is 0.827. The standard InChI is InChI=1S/C36H52Si/c1-13-25-15-29-17-27(21(3)4)19-31(23(7)8)33(29)35(25)37(11,12)36-26(14-2)16-30-18-28(22(5)6)20-32(24(9)10)34(30)36/h17-24H,13-16H2,1-12H3. The quantitative estimate of drug-likeness (QED) is 0.308. The molecule has 2 aromatic rings. The fourth-order valence-electron chi connectivity index (χ4n) is 7.20.